The van der Waals surface area contributed by atoms with Crippen molar-refractivity contribution in [2.45, 2.75) is 13.5 Å². The number of hydrogen-bond acceptors (Lipinski definition) is 6. The van der Waals surface area contributed by atoms with Crippen LogP contribution in [-0.2, 0) is 16.2 Å². The first-order valence-corrected chi connectivity index (χ1v) is 13.1. The number of hydrogen-bond donors (Lipinski definition) is 1. The summed E-state index contributed by atoms with van der Waals surface area (Å²) in [6.07, 6.45) is 1.51. The number of anilines is 1. The minimum absolute atomic E-state index is 0.00101. The summed E-state index contributed by atoms with van der Waals surface area (Å²) in [6, 6.07) is 17.8. The molecule has 1 aliphatic rings. The van der Waals surface area contributed by atoms with Gasteiger partial charge < -0.3 is 14.2 Å². The van der Waals surface area contributed by atoms with Crippen LogP contribution in [0.15, 0.2) is 66.2 Å². The van der Waals surface area contributed by atoms with E-state index < -0.39 is 11.8 Å². The zero-order chi connectivity index (χ0) is 26.5. The molecular formula is C27H22ClIN2O5S. The van der Waals surface area contributed by atoms with E-state index in [-0.39, 0.29) is 10.7 Å². The second kappa shape index (κ2) is 11.9. The molecule has 1 aliphatic heterocycles. The zero-order valence-electron chi connectivity index (χ0n) is 19.9. The third-order valence-electron chi connectivity index (χ3n) is 5.35. The Balaban J connectivity index is 1.63. The molecule has 0 spiro atoms. The fraction of sp³-hybridized carbons (Fsp3) is 0.148. The van der Waals surface area contributed by atoms with Crippen LogP contribution in [0.1, 0.15) is 18.1 Å². The Morgan fingerprint density at radius 2 is 1.84 bits per heavy atom. The Morgan fingerprint density at radius 1 is 1.08 bits per heavy atom. The molecule has 10 heteroatoms. The van der Waals surface area contributed by atoms with E-state index in [0.717, 1.165) is 9.13 Å². The average molecular weight is 649 g/mol. The number of carbonyl (C=O) groups is 2. The quantitative estimate of drug-likeness (QED) is 0.145. The van der Waals surface area contributed by atoms with Gasteiger partial charge in [-0.3, -0.25) is 19.8 Å². The van der Waals surface area contributed by atoms with Crippen molar-refractivity contribution in [1.29, 1.82) is 0 Å². The van der Waals surface area contributed by atoms with E-state index in [1.165, 1.54) is 18.1 Å². The van der Waals surface area contributed by atoms with Crippen molar-refractivity contribution in [1.82, 2.24) is 5.32 Å². The first-order valence-electron chi connectivity index (χ1n) is 11.2. The molecule has 3 aromatic rings. The standard InChI is InChI=1S/C27H22ClIN2O5S/c1-3-35-20-6-4-5-19(14-20)31-26(33)21(25(32)30-27(31)37)11-17-12-22(29)24(23(13-17)34-2)36-15-16-7-9-18(28)10-8-16/h4-14H,3,15H2,1-2H3,(H,30,32,37)/b21-11-. The van der Waals surface area contributed by atoms with Gasteiger partial charge in [0.25, 0.3) is 11.8 Å². The van der Waals surface area contributed by atoms with Crippen molar-refractivity contribution in [3.05, 3.63) is 86.0 Å². The van der Waals surface area contributed by atoms with Crippen molar-refractivity contribution in [2.24, 2.45) is 0 Å². The summed E-state index contributed by atoms with van der Waals surface area (Å²) < 4.78 is 17.8. The molecule has 0 bridgehead atoms. The van der Waals surface area contributed by atoms with Gasteiger partial charge in [-0.25, -0.2) is 0 Å². The summed E-state index contributed by atoms with van der Waals surface area (Å²) in [5.41, 5.74) is 1.96. The number of carbonyl (C=O) groups excluding carboxylic acids is 2. The number of benzene rings is 3. The van der Waals surface area contributed by atoms with Gasteiger partial charge in [0, 0.05) is 11.1 Å². The third kappa shape index (κ3) is 6.23. The lowest BCUT2D eigenvalue weighted by molar-refractivity contribution is -0.122. The molecule has 2 amide bonds. The molecule has 1 saturated heterocycles. The minimum atomic E-state index is -0.579. The van der Waals surface area contributed by atoms with E-state index >= 15 is 0 Å². The van der Waals surface area contributed by atoms with Crippen LogP contribution in [0.3, 0.4) is 0 Å². The van der Waals surface area contributed by atoms with Crippen LogP contribution < -0.4 is 24.4 Å². The summed E-state index contributed by atoms with van der Waals surface area (Å²) in [5.74, 6) is 0.485. The lowest BCUT2D eigenvalue weighted by Gasteiger charge is -2.29. The Morgan fingerprint density at radius 3 is 2.54 bits per heavy atom. The predicted octanol–water partition coefficient (Wildman–Crippen LogP) is 5.76. The SMILES string of the molecule is CCOc1cccc(N2C(=O)/C(=C\c3cc(I)c(OCc4ccc(Cl)cc4)c(OC)c3)C(=O)NC2=S)c1. The van der Waals surface area contributed by atoms with Crippen LogP contribution in [0.25, 0.3) is 6.08 Å². The molecule has 190 valence electrons. The highest BCUT2D eigenvalue weighted by Gasteiger charge is 2.34. The molecule has 0 saturated carbocycles. The number of nitrogens with zero attached hydrogens (tertiary/aromatic N) is 1. The first-order chi connectivity index (χ1) is 17.8. The van der Waals surface area contributed by atoms with E-state index in [1.807, 2.05) is 19.1 Å². The summed E-state index contributed by atoms with van der Waals surface area (Å²) >= 11 is 13.4. The van der Waals surface area contributed by atoms with E-state index in [2.05, 4.69) is 27.9 Å². The lowest BCUT2D eigenvalue weighted by atomic mass is 10.1. The summed E-state index contributed by atoms with van der Waals surface area (Å²) in [6.45, 7) is 2.66. The maximum absolute atomic E-state index is 13.4. The fourth-order valence-electron chi connectivity index (χ4n) is 3.64. The van der Waals surface area contributed by atoms with Crippen LogP contribution in [0.5, 0.6) is 17.2 Å². The van der Waals surface area contributed by atoms with Crippen molar-refractivity contribution in [2.75, 3.05) is 18.6 Å². The number of amides is 2. The Kier molecular flexibility index (Phi) is 8.67. The molecule has 0 aromatic heterocycles. The van der Waals surface area contributed by atoms with Crippen LogP contribution in [-0.4, -0.2) is 30.6 Å². The molecule has 0 radical (unpaired) electrons. The molecule has 0 atom stereocenters. The Labute approximate surface area is 238 Å². The van der Waals surface area contributed by atoms with Gasteiger partial charge >= 0.3 is 0 Å². The van der Waals surface area contributed by atoms with E-state index in [4.69, 9.17) is 38.0 Å². The summed E-state index contributed by atoms with van der Waals surface area (Å²) in [7, 11) is 1.53. The topological polar surface area (TPSA) is 77.1 Å². The number of rotatable bonds is 8. The monoisotopic (exact) mass is 648 g/mol. The molecular weight excluding hydrogens is 627 g/mol. The van der Waals surface area contributed by atoms with Crippen LogP contribution in [0.4, 0.5) is 5.69 Å². The number of halogens is 2. The largest absolute Gasteiger partial charge is 0.494 e. The van der Waals surface area contributed by atoms with Gasteiger partial charge in [0.2, 0.25) is 0 Å². The third-order valence-corrected chi connectivity index (χ3v) is 6.69. The van der Waals surface area contributed by atoms with Crippen LogP contribution in [0, 0.1) is 3.57 Å². The van der Waals surface area contributed by atoms with Crippen LogP contribution in [0.2, 0.25) is 5.02 Å². The highest BCUT2D eigenvalue weighted by Crippen LogP contribution is 2.36. The molecule has 0 unspecified atom stereocenters. The van der Waals surface area contributed by atoms with Gasteiger partial charge in [-0.1, -0.05) is 29.8 Å². The normalized spacial score (nSPS) is 14.5. The van der Waals surface area contributed by atoms with Gasteiger partial charge in [-0.2, -0.15) is 0 Å². The molecule has 4 rings (SSSR count). The molecule has 7 nitrogen and oxygen atoms in total. The van der Waals surface area contributed by atoms with Gasteiger partial charge in [0.1, 0.15) is 17.9 Å². The van der Waals surface area contributed by atoms with E-state index in [9.17, 15) is 9.59 Å². The molecule has 1 fully saturated rings. The van der Waals surface area contributed by atoms with Gasteiger partial charge in [-0.15, -0.1) is 0 Å². The van der Waals surface area contributed by atoms with Crippen molar-refractivity contribution in [3.8, 4) is 17.2 Å². The van der Waals surface area contributed by atoms with Gasteiger partial charge in [-0.05, 0) is 95.3 Å². The number of ether oxygens (including phenoxy) is 3. The lowest BCUT2D eigenvalue weighted by Crippen LogP contribution is -2.54. The fourth-order valence-corrected chi connectivity index (χ4v) is 4.83. The minimum Gasteiger partial charge on any atom is -0.494 e. The van der Waals surface area contributed by atoms with Crippen LogP contribution >= 0.6 is 46.4 Å². The van der Waals surface area contributed by atoms with E-state index in [0.29, 0.717) is 46.7 Å². The van der Waals surface area contributed by atoms with Crippen molar-refractivity contribution >= 4 is 75.1 Å². The molecule has 1 heterocycles. The van der Waals surface area contributed by atoms with Gasteiger partial charge in [0.05, 0.1) is 23.0 Å². The second-order valence-electron chi connectivity index (χ2n) is 7.84. The Bertz CT molecular complexity index is 1390. The number of methoxy groups -OCH3 is 1. The first kappa shape index (κ1) is 26.9. The number of nitrogens with one attached hydrogen (secondary N) is 1. The van der Waals surface area contributed by atoms with Crippen molar-refractivity contribution in [3.63, 3.8) is 0 Å². The van der Waals surface area contributed by atoms with Gasteiger partial charge in [0.15, 0.2) is 16.6 Å². The maximum Gasteiger partial charge on any atom is 0.270 e. The van der Waals surface area contributed by atoms with Crippen molar-refractivity contribution < 1.29 is 23.8 Å². The summed E-state index contributed by atoms with van der Waals surface area (Å²) in [4.78, 5) is 27.4. The Hall–Kier alpha value is -3.15. The average Bonchev–Trinajstić information content (AvgIpc) is 2.87. The molecule has 3 aromatic carbocycles. The molecule has 0 aliphatic carbocycles. The zero-order valence-corrected chi connectivity index (χ0v) is 23.6. The summed E-state index contributed by atoms with van der Waals surface area (Å²) in [5, 5.41) is 3.25. The predicted molar refractivity (Wildman–Crippen MR) is 155 cm³/mol. The van der Waals surface area contributed by atoms with E-state index in [1.54, 1.807) is 48.5 Å². The molecule has 1 N–H and O–H groups in total. The number of thiocarbonyl (C=S) groups is 1. The second-order valence-corrected chi connectivity index (χ2v) is 9.82. The highest BCUT2D eigenvalue weighted by atomic mass is 127. The maximum atomic E-state index is 13.4. The highest BCUT2D eigenvalue weighted by molar-refractivity contribution is 14.1. The molecule has 37 heavy (non-hydrogen) atoms. The smallest absolute Gasteiger partial charge is 0.270 e.